The van der Waals surface area contributed by atoms with Crippen molar-refractivity contribution in [3.05, 3.63) is 24.2 Å². The van der Waals surface area contributed by atoms with Gasteiger partial charge in [-0.25, -0.2) is 9.50 Å². The van der Waals surface area contributed by atoms with Gasteiger partial charge >= 0.3 is 0 Å². The summed E-state index contributed by atoms with van der Waals surface area (Å²) >= 11 is 0. The van der Waals surface area contributed by atoms with E-state index in [1.54, 1.807) is 4.52 Å². The smallest absolute Gasteiger partial charge is 0.192 e. The van der Waals surface area contributed by atoms with E-state index in [2.05, 4.69) is 43.9 Å². The van der Waals surface area contributed by atoms with Crippen molar-refractivity contribution in [2.45, 2.75) is 83.0 Å². The fourth-order valence-corrected chi connectivity index (χ4v) is 4.64. The van der Waals surface area contributed by atoms with Crippen LogP contribution in [0.3, 0.4) is 0 Å². The minimum atomic E-state index is -1.92. The highest BCUT2D eigenvalue weighted by molar-refractivity contribution is 6.74. The average molecular weight is 421 g/mol. The quantitative estimate of drug-likeness (QED) is 0.759. The topological polar surface area (TPSA) is 93.1 Å². The average Bonchev–Trinajstić information content (AvgIpc) is 3.25. The van der Waals surface area contributed by atoms with E-state index >= 15 is 0 Å². The number of rotatable bonds is 4. The van der Waals surface area contributed by atoms with Crippen LogP contribution >= 0.6 is 0 Å². The minimum Gasteiger partial charge on any atom is -0.414 e. The Morgan fingerprint density at radius 3 is 2.62 bits per heavy atom. The second-order valence-corrected chi connectivity index (χ2v) is 14.7. The van der Waals surface area contributed by atoms with Gasteiger partial charge < -0.3 is 24.4 Å². The van der Waals surface area contributed by atoms with Gasteiger partial charge in [-0.05, 0) is 44.1 Å². The van der Waals surface area contributed by atoms with Crippen LogP contribution in [0.25, 0.3) is 5.52 Å². The molecule has 29 heavy (non-hydrogen) atoms. The molecule has 0 aromatic carbocycles. The Morgan fingerprint density at radius 1 is 1.24 bits per heavy atom. The molecule has 0 unspecified atom stereocenters. The van der Waals surface area contributed by atoms with Crippen LogP contribution in [0.4, 0.5) is 5.82 Å². The van der Waals surface area contributed by atoms with Gasteiger partial charge in [0, 0.05) is 6.20 Å². The first-order valence-corrected chi connectivity index (χ1v) is 13.0. The zero-order valence-electron chi connectivity index (χ0n) is 18.3. The van der Waals surface area contributed by atoms with E-state index in [0.29, 0.717) is 18.2 Å². The number of hydrogen-bond acceptors (Lipinski definition) is 7. The molecule has 160 valence electrons. The number of nitrogen functional groups attached to an aromatic ring is 1. The molecule has 4 heterocycles. The molecule has 2 saturated heterocycles. The first-order valence-electron chi connectivity index (χ1n) is 10.1. The third kappa shape index (κ3) is 3.70. The first kappa shape index (κ1) is 20.7. The molecule has 9 heteroatoms. The molecule has 0 spiro atoms. The molecule has 0 bridgehead atoms. The maximum atomic E-state index is 6.43. The first-order chi connectivity index (χ1) is 13.4. The molecule has 0 radical (unpaired) electrons. The van der Waals surface area contributed by atoms with Crippen LogP contribution in [0.1, 0.15) is 46.5 Å². The number of fused-ring (bicyclic) bond motifs is 2. The van der Waals surface area contributed by atoms with E-state index in [1.165, 1.54) is 0 Å². The Morgan fingerprint density at radius 2 is 1.93 bits per heavy atom. The molecular formula is C20H32N4O4Si. The van der Waals surface area contributed by atoms with Crippen molar-refractivity contribution in [1.29, 1.82) is 0 Å². The lowest BCUT2D eigenvalue weighted by Crippen LogP contribution is -2.44. The third-order valence-corrected chi connectivity index (χ3v) is 10.8. The minimum absolute atomic E-state index is 0.119. The van der Waals surface area contributed by atoms with Crippen LogP contribution in [0.2, 0.25) is 18.1 Å². The summed E-state index contributed by atoms with van der Waals surface area (Å²) in [6, 6.07) is 3.77. The van der Waals surface area contributed by atoms with E-state index in [9.17, 15) is 0 Å². The summed E-state index contributed by atoms with van der Waals surface area (Å²) in [5.74, 6) is 0.215. The van der Waals surface area contributed by atoms with E-state index in [-0.39, 0.29) is 23.4 Å². The standard InChI is InChI=1S/C20H32N4O4Si/c1-19(2,3)29(6,7)25-11-13-14-15(28-20(4,5)27-14)16(26-13)18-22-17(21)12-9-8-10-24(12)23-18/h8-10,13-16H,11H2,1-7H3,(H2,21,22,23)/t13-,14-,15-,16-/m1/s1. The fraction of sp³-hybridized carbons (Fsp3) is 0.700. The van der Waals surface area contributed by atoms with Crippen molar-refractivity contribution in [3.8, 4) is 0 Å². The molecular weight excluding hydrogens is 388 g/mol. The van der Waals surface area contributed by atoms with Crippen LogP contribution in [-0.4, -0.2) is 53.6 Å². The SMILES string of the molecule is CC1(C)O[C@@H]2[C@H](O1)[C@@H](CO[Si](C)(C)C(C)(C)C)O[C@H]2c1nc(N)c2cccn2n1. The number of aromatic nitrogens is 3. The summed E-state index contributed by atoms with van der Waals surface area (Å²) in [4.78, 5) is 4.50. The Labute approximate surface area is 172 Å². The lowest BCUT2D eigenvalue weighted by molar-refractivity contribution is -0.191. The number of nitrogens with two attached hydrogens (primary N) is 1. The van der Waals surface area contributed by atoms with Crippen LogP contribution in [0.5, 0.6) is 0 Å². The van der Waals surface area contributed by atoms with Crippen LogP contribution in [-0.2, 0) is 18.6 Å². The highest BCUT2D eigenvalue weighted by Gasteiger charge is 2.57. The van der Waals surface area contributed by atoms with Crippen molar-refractivity contribution in [3.63, 3.8) is 0 Å². The second kappa shape index (κ2) is 6.74. The van der Waals surface area contributed by atoms with Gasteiger partial charge in [-0.3, -0.25) is 0 Å². The fourth-order valence-electron chi connectivity index (χ4n) is 3.63. The van der Waals surface area contributed by atoms with E-state index in [0.717, 1.165) is 5.52 Å². The van der Waals surface area contributed by atoms with Gasteiger partial charge in [0.25, 0.3) is 0 Å². The third-order valence-electron chi connectivity index (χ3n) is 6.25. The van der Waals surface area contributed by atoms with Crippen molar-refractivity contribution < 1.29 is 18.6 Å². The van der Waals surface area contributed by atoms with E-state index in [4.69, 9.17) is 24.4 Å². The molecule has 0 saturated carbocycles. The zero-order chi connectivity index (χ0) is 21.2. The molecule has 4 atom stereocenters. The second-order valence-electron chi connectivity index (χ2n) is 9.92. The molecule has 0 aliphatic carbocycles. The highest BCUT2D eigenvalue weighted by Crippen LogP contribution is 2.45. The van der Waals surface area contributed by atoms with Gasteiger partial charge in [0.05, 0.1) is 6.61 Å². The van der Waals surface area contributed by atoms with Crippen LogP contribution in [0, 0.1) is 0 Å². The molecule has 2 aromatic rings. The van der Waals surface area contributed by atoms with Gasteiger partial charge in [-0.2, -0.15) is 0 Å². The molecule has 8 nitrogen and oxygen atoms in total. The molecule has 2 aromatic heterocycles. The number of anilines is 1. The molecule has 2 aliphatic heterocycles. The number of nitrogens with zero attached hydrogens (tertiary/aromatic N) is 3. The van der Waals surface area contributed by atoms with Gasteiger partial charge in [-0.15, -0.1) is 5.10 Å². The normalized spacial score (nSPS) is 29.5. The highest BCUT2D eigenvalue weighted by atomic mass is 28.4. The maximum Gasteiger partial charge on any atom is 0.192 e. The Kier molecular flexibility index (Phi) is 4.82. The summed E-state index contributed by atoms with van der Waals surface area (Å²) in [5, 5.41) is 4.72. The molecule has 2 aliphatic rings. The van der Waals surface area contributed by atoms with Crippen LogP contribution < -0.4 is 5.73 Å². The van der Waals surface area contributed by atoms with Gasteiger partial charge in [0.2, 0.25) is 0 Å². The molecule has 4 rings (SSSR count). The van der Waals surface area contributed by atoms with Gasteiger partial charge in [0.1, 0.15) is 29.9 Å². The predicted octanol–water partition coefficient (Wildman–Crippen LogP) is 3.29. The number of ether oxygens (including phenoxy) is 3. The molecule has 2 fully saturated rings. The van der Waals surface area contributed by atoms with Crippen molar-refractivity contribution in [1.82, 2.24) is 14.6 Å². The summed E-state index contributed by atoms with van der Waals surface area (Å²) < 4.78 is 26.9. The Hall–Kier alpha value is -1.52. The van der Waals surface area contributed by atoms with Crippen molar-refractivity contribution in [2.24, 2.45) is 0 Å². The largest absolute Gasteiger partial charge is 0.414 e. The molecule has 2 N–H and O–H groups in total. The monoisotopic (exact) mass is 420 g/mol. The summed E-state index contributed by atoms with van der Waals surface area (Å²) in [6.45, 7) is 15.4. The summed E-state index contributed by atoms with van der Waals surface area (Å²) in [7, 11) is -1.92. The maximum absolute atomic E-state index is 6.43. The number of hydrogen-bond donors (Lipinski definition) is 1. The van der Waals surface area contributed by atoms with Crippen molar-refractivity contribution in [2.75, 3.05) is 12.3 Å². The van der Waals surface area contributed by atoms with Gasteiger partial charge in [0.15, 0.2) is 25.7 Å². The Balaban J connectivity index is 1.60. The van der Waals surface area contributed by atoms with Crippen LogP contribution in [0.15, 0.2) is 18.3 Å². The Bertz CT molecular complexity index is 908. The van der Waals surface area contributed by atoms with Gasteiger partial charge in [-0.1, -0.05) is 20.8 Å². The van der Waals surface area contributed by atoms with E-state index < -0.39 is 20.2 Å². The molecule has 0 amide bonds. The van der Waals surface area contributed by atoms with E-state index in [1.807, 2.05) is 32.2 Å². The van der Waals surface area contributed by atoms with Crippen molar-refractivity contribution >= 4 is 19.7 Å². The lowest BCUT2D eigenvalue weighted by atomic mass is 10.1. The predicted molar refractivity (Wildman–Crippen MR) is 112 cm³/mol. The summed E-state index contributed by atoms with van der Waals surface area (Å²) in [5.41, 5.74) is 6.91. The lowest BCUT2D eigenvalue weighted by Gasteiger charge is -2.37. The zero-order valence-corrected chi connectivity index (χ0v) is 19.3. The summed E-state index contributed by atoms with van der Waals surface area (Å²) in [6.07, 6.45) is 0.558.